The summed E-state index contributed by atoms with van der Waals surface area (Å²) >= 11 is 6.74. The van der Waals surface area contributed by atoms with Crippen LogP contribution < -0.4 is 4.74 Å². The highest BCUT2D eigenvalue weighted by Crippen LogP contribution is 2.47. The van der Waals surface area contributed by atoms with Crippen molar-refractivity contribution < 1.29 is 13.2 Å². The van der Waals surface area contributed by atoms with Crippen LogP contribution in [0.1, 0.15) is 25.8 Å². The molecule has 5 nitrogen and oxygen atoms in total. The van der Waals surface area contributed by atoms with E-state index in [1.807, 2.05) is 38.1 Å². The molecule has 2 aliphatic rings. The number of sulfone groups is 1. The number of hydrogen-bond donors (Lipinski definition) is 1. The smallest absolute Gasteiger partial charge is 0.201 e. The van der Waals surface area contributed by atoms with Gasteiger partial charge in [-0.25, -0.2) is 13.4 Å². The third kappa shape index (κ3) is 4.24. The minimum atomic E-state index is -3.64. The number of nitrogens with zero attached hydrogens (tertiary/aromatic N) is 1. The summed E-state index contributed by atoms with van der Waals surface area (Å²) in [7, 11) is -3.64. The maximum atomic E-state index is 13.2. The first-order chi connectivity index (χ1) is 15.1. The lowest BCUT2D eigenvalue weighted by Gasteiger charge is -2.21. The van der Waals surface area contributed by atoms with E-state index in [2.05, 4.69) is 43.8 Å². The second kappa shape index (κ2) is 8.88. The lowest BCUT2D eigenvalue weighted by atomic mass is 9.86. The lowest BCUT2D eigenvalue weighted by molar-refractivity contribution is 0.479. The van der Waals surface area contributed by atoms with Crippen LogP contribution >= 0.6 is 31.9 Å². The fourth-order valence-corrected chi connectivity index (χ4v) is 7.08. The lowest BCUT2D eigenvalue weighted by Crippen LogP contribution is -2.23. The van der Waals surface area contributed by atoms with E-state index in [-0.39, 0.29) is 28.4 Å². The fraction of sp³-hybridized carbons (Fsp3) is 0.333. The average Bonchev–Trinajstić information content (AvgIpc) is 3.28. The molecule has 0 radical (unpaired) electrons. The molecule has 8 heteroatoms. The summed E-state index contributed by atoms with van der Waals surface area (Å²) in [4.78, 5) is 4.74. The van der Waals surface area contributed by atoms with Gasteiger partial charge in [-0.1, -0.05) is 31.5 Å². The molecule has 2 aromatic rings. The Bertz CT molecular complexity index is 1240. The first kappa shape index (κ1) is 23.4. The third-order valence-electron chi connectivity index (χ3n) is 6.19. The van der Waals surface area contributed by atoms with E-state index in [0.717, 1.165) is 27.8 Å². The Morgan fingerprint density at radius 3 is 2.44 bits per heavy atom. The van der Waals surface area contributed by atoms with Gasteiger partial charge in [0.2, 0.25) is 5.90 Å². The van der Waals surface area contributed by atoms with Crippen molar-refractivity contribution in [2.45, 2.75) is 37.3 Å². The Labute approximate surface area is 205 Å². The normalized spacial score (nSPS) is 23.5. The monoisotopic (exact) mass is 578 g/mol. The molecule has 1 fully saturated rings. The summed E-state index contributed by atoms with van der Waals surface area (Å²) in [6.07, 6.45) is 2.59. The molecule has 3 unspecified atom stereocenters. The highest BCUT2D eigenvalue weighted by Gasteiger charge is 2.58. The second-order valence-electron chi connectivity index (χ2n) is 8.28. The van der Waals surface area contributed by atoms with Crippen molar-refractivity contribution in [3.8, 4) is 5.75 Å². The average molecular weight is 580 g/mol. The van der Waals surface area contributed by atoms with Gasteiger partial charge in [-0.05, 0) is 87.0 Å². The molecule has 1 aliphatic carbocycles. The summed E-state index contributed by atoms with van der Waals surface area (Å²) in [5.74, 6) is 0.868. The fourth-order valence-electron chi connectivity index (χ4n) is 4.29. The van der Waals surface area contributed by atoms with Gasteiger partial charge in [-0.2, -0.15) is 0 Å². The number of hydrogen-bond acceptors (Lipinski definition) is 5. The molecule has 0 saturated heterocycles. The van der Waals surface area contributed by atoms with Gasteiger partial charge in [0.1, 0.15) is 11.0 Å². The Kier molecular flexibility index (Phi) is 6.49. The number of benzene rings is 2. The molecule has 0 bridgehead atoms. The summed E-state index contributed by atoms with van der Waals surface area (Å²) < 4.78 is 34.0. The van der Waals surface area contributed by atoms with Gasteiger partial charge in [0.25, 0.3) is 0 Å². The Balaban J connectivity index is 1.51. The summed E-state index contributed by atoms with van der Waals surface area (Å²) in [5, 5.41) is 7.60. The number of nitrogens with one attached hydrogen (secondary N) is 1. The van der Waals surface area contributed by atoms with Gasteiger partial charge in [-0.15, -0.1) is 0 Å². The number of ether oxygens (including phenoxy) is 1. The predicted molar refractivity (Wildman–Crippen MR) is 134 cm³/mol. The van der Waals surface area contributed by atoms with Gasteiger partial charge in [0.05, 0.1) is 10.8 Å². The molecule has 0 amide bonds. The van der Waals surface area contributed by atoms with Crippen molar-refractivity contribution >= 4 is 53.3 Å². The van der Waals surface area contributed by atoms with Crippen LogP contribution in [0, 0.1) is 30.1 Å². The van der Waals surface area contributed by atoms with E-state index < -0.39 is 15.1 Å². The molecule has 0 aromatic heterocycles. The van der Waals surface area contributed by atoms with Gasteiger partial charge >= 0.3 is 0 Å². The number of halogens is 2. The molecular weight excluding hydrogens is 556 g/mol. The molecule has 32 heavy (non-hydrogen) atoms. The van der Waals surface area contributed by atoms with E-state index >= 15 is 0 Å². The van der Waals surface area contributed by atoms with Crippen LogP contribution in [0.5, 0.6) is 5.75 Å². The SMILES string of the molecule is CCC1C(C(C)[C@H]2C(=N)C2S(=O)(=O)c2ccc(Br)c(Br)c2)=CN=C1Oc1ccc(C)cc1. The standard InChI is InChI=1S/C24H24Br2N2O3S/c1-4-17-18(12-28-24(17)31-15-7-5-13(2)6-8-15)14(3)21-22(27)23(21)32(29,30)16-9-10-19(25)20(26)11-16/h5-12,14,17,21,23,27H,4H2,1-3H3/t14?,17?,21-,23?/m0/s1. The Morgan fingerprint density at radius 1 is 1.12 bits per heavy atom. The number of aliphatic imine (C=N–C) groups is 1. The van der Waals surface area contributed by atoms with E-state index in [1.165, 1.54) is 0 Å². The van der Waals surface area contributed by atoms with Gasteiger partial charge in [0, 0.05) is 26.8 Å². The van der Waals surface area contributed by atoms with Crippen LogP contribution in [0.25, 0.3) is 0 Å². The minimum Gasteiger partial charge on any atom is -0.442 e. The van der Waals surface area contributed by atoms with E-state index in [0.29, 0.717) is 10.4 Å². The maximum absolute atomic E-state index is 13.2. The molecule has 1 aliphatic heterocycles. The van der Waals surface area contributed by atoms with E-state index in [1.54, 1.807) is 24.4 Å². The van der Waals surface area contributed by atoms with Crippen LogP contribution in [-0.4, -0.2) is 25.3 Å². The Hall–Kier alpha value is -1.77. The van der Waals surface area contributed by atoms with Crippen LogP contribution in [0.2, 0.25) is 0 Å². The van der Waals surface area contributed by atoms with Crippen LogP contribution in [0.3, 0.4) is 0 Å². The summed E-state index contributed by atoms with van der Waals surface area (Å²) in [6, 6.07) is 12.7. The predicted octanol–water partition coefficient (Wildman–Crippen LogP) is 6.35. The van der Waals surface area contributed by atoms with Crippen LogP contribution in [0.15, 0.2) is 73.1 Å². The zero-order valence-electron chi connectivity index (χ0n) is 18.0. The van der Waals surface area contributed by atoms with Crippen molar-refractivity contribution in [2.24, 2.45) is 22.7 Å². The van der Waals surface area contributed by atoms with E-state index in [4.69, 9.17) is 10.1 Å². The number of rotatable bonds is 6. The molecular formula is C24H24Br2N2O3S. The van der Waals surface area contributed by atoms with Gasteiger partial charge < -0.3 is 10.1 Å². The molecule has 2 aromatic carbocycles. The molecule has 168 valence electrons. The number of aryl methyl sites for hydroxylation is 1. The van der Waals surface area contributed by atoms with Crippen LogP contribution in [0.4, 0.5) is 0 Å². The van der Waals surface area contributed by atoms with Crippen LogP contribution in [-0.2, 0) is 9.84 Å². The van der Waals surface area contributed by atoms with Crippen molar-refractivity contribution in [1.82, 2.24) is 0 Å². The van der Waals surface area contributed by atoms with Gasteiger partial charge in [0.15, 0.2) is 9.84 Å². The van der Waals surface area contributed by atoms with Crippen molar-refractivity contribution in [2.75, 3.05) is 0 Å². The molecule has 0 spiro atoms. The molecule has 4 atom stereocenters. The topological polar surface area (TPSA) is 79.6 Å². The van der Waals surface area contributed by atoms with E-state index in [9.17, 15) is 8.42 Å². The summed E-state index contributed by atoms with van der Waals surface area (Å²) in [6.45, 7) is 6.08. The molecule has 1 N–H and O–H groups in total. The van der Waals surface area contributed by atoms with Crippen molar-refractivity contribution in [1.29, 1.82) is 5.41 Å². The second-order valence-corrected chi connectivity index (χ2v) is 12.1. The van der Waals surface area contributed by atoms with Gasteiger partial charge in [-0.3, -0.25) is 0 Å². The zero-order valence-corrected chi connectivity index (χ0v) is 22.0. The molecule has 1 saturated carbocycles. The largest absolute Gasteiger partial charge is 0.442 e. The highest BCUT2D eigenvalue weighted by atomic mass is 79.9. The molecule has 4 rings (SSSR count). The Morgan fingerprint density at radius 2 is 1.81 bits per heavy atom. The zero-order chi connectivity index (χ0) is 23.2. The maximum Gasteiger partial charge on any atom is 0.201 e. The summed E-state index contributed by atoms with van der Waals surface area (Å²) in [5.41, 5.74) is 2.45. The first-order valence-corrected chi connectivity index (χ1v) is 13.6. The van der Waals surface area contributed by atoms with Crippen molar-refractivity contribution in [3.05, 3.63) is 68.7 Å². The highest BCUT2D eigenvalue weighted by molar-refractivity contribution is 9.13. The molecule has 1 heterocycles. The van der Waals surface area contributed by atoms with Crippen molar-refractivity contribution in [3.63, 3.8) is 0 Å². The third-order valence-corrected chi connectivity index (χ3v) is 10.2. The minimum absolute atomic E-state index is 0.0233. The quantitative estimate of drug-likeness (QED) is 0.433. The first-order valence-electron chi connectivity index (χ1n) is 10.4.